The first-order chi connectivity index (χ1) is 14.4. The summed E-state index contributed by atoms with van der Waals surface area (Å²) in [5.74, 6) is -0.00113. The van der Waals surface area contributed by atoms with Crippen molar-refractivity contribution in [2.24, 2.45) is 10.2 Å². The van der Waals surface area contributed by atoms with Gasteiger partial charge in [0.05, 0.1) is 23.7 Å². The molecule has 0 saturated carbocycles. The van der Waals surface area contributed by atoms with Crippen LogP contribution in [0.2, 0.25) is 5.02 Å². The van der Waals surface area contributed by atoms with Crippen LogP contribution in [-0.2, 0) is 6.54 Å². The fourth-order valence-corrected chi connectivity index (χ4v) is 3.68. The number of aryl methyl sites for hydroxylation is 2. The van der Waals surface area contributed by atoms with Crippen LogP contribution in [0.1, 0.15) is 23.0 Å². The number of carbonyl (C=O) groups is 1. The number of rotatable bonds is 4. The first-order valence-electron chi connectivity index (χ1n) is 9.35. The number of methoxy groups -OCH3 is 1. The number of halogens is 1. The van der Waals surface area contributed by atoms with Crippen molar-refractivity contribution in [3.63, 3.8) is 0 Å². The van der Waals surface area contributed by atoms with Crippen molar-refractivity contribution in [1.82, 2.24) is 9.55 Å². The molecule has 30 heavy (non-hydrogen) atoms. The van der Waals surface area contributed by atoms with Crippen LogP contribution < -0.4 is 4.74 Å². The number of ether oxygens (including phenoxy) is 1. The molecule has 0 saturated heterocycles. The summed E-state index contributed by atoms with van der Waals surface area (Å²) in [7, 11) is 1.56. The van der Waals surface area contributed by atoms with E-state index in [4.69, 9.17) is 16.3 Å². The Balaban J connectivity index is 1.82. The minimum atomic E-state index is -0.544. The lowest BCUT2D eigenvalue weighted by Crippen LogP contribution is -1.99. The third-order valence-electron chi connectivity index (χ3n) is 4.90. The number of benzene rings is 2. The highest BCUT2D eigenvalue weighted by Gasteiger charge is 2.18. The molecule has 0 aliphatic rings. The van der Waals surface area contributed by atoms with Crippen LogP contribution in [0.4, 0.5) is 5.69 Å². The molecule has 0 aliphatic carbocycles. The predicted octanol–water partition coefficient (Wildman–Crippen LogP) is 5.81. The minimum Gasteiger partial charge on any atom is -0.497 e. The van der Waals surface area contributed by atoms with Crippen LogP contribution in [0.5, 0.6) is 11.6 Å². The number of fused-ring (bicyclic) bond motifs is 2. The fraction of sp³-hybridized carbons (Fsp3) is 0.182. The van der Waals surface area contributed by atoms with Gasteiger partial charge in [0, 0.05) is 28.0 Å². The summed E-state index contributed by atoms with van der Waals surface area (Å²) in [6.45, 7) is 4.24. The van der Waals surface area contributed by atoms with Crippen LogP contribution >= 0.6 is 11.6 Å². The zero-order valence-corrected chi connectivity index (χ0v) is 17.4. The van der Waals surface area contributed by atoms with Gasteiger partial charge in [-0.15, -0.1) is 10.2 Å². The smallest absolute Gasteiger partial charge is 0.296 e. The molecule has 0 spiro atoms. The molecule has 7 nitrogen and oxygen atoms in total. The maximum atomic E-state index is 12.9. The average molecular weight is 423 g/mol. The molecule has 0 fully saturated rings. The first kappa shape index (κ1) is 19.8. The predicted molar refractivity (Wildman–Crippen MR) is 116 cm³/mol. The lowest BCUT2D eigenvalue weighted by atomic mass is 10.1. The first-order valence-corrected chi connectivity index (χ1v) is 9.73. The van der Waals surface area contributed by atoms with Crippen molar-refractivity contribution < 1.29 is 14.6 Å². The number of pyridine rings is 1. The van der Waals surface area contributed by atoms with Gasteiger partial charge in [0.15, 0.2) is 5.69 Å². The van der Waals surface area contributed by atoms with Gasteiger partial charge in [-0.3, -0.25) is 9.78 Å². The zero-order chi connectivity index (χ0) is 21.4. The Morgan fingerprint density at radius 1 is 1.20 bits per heavy atom. The third-order valence-corrected chi connectivity index (χ3v) is 5.14. The van der Waals surface area contributed by atoms with Gasteiger partial charge < -0.3 is 14.4 Å². The molecule has 4 rings (SSSR count). The Hall–Kier alpha value is -3.45. The molecule has 1 N–H and O–H groups in total. The molecule has 152 valence electrons. The van der Waals surface area contributed by atoms with E-state index in [-0.39, 0.29) is 11.6 Å². The van der Waals surface area contributed by atoms with Crippen molar-refractivity contribution in [2.45, 2.75) is 20.4 Å². The van der Waals surface area contributed by atoms with Crippen LogP contribution in [0.25, 0.3) is 21.8 Å². The fourth-order valence-electron chi connectivity index (χ4n) is 3.50. The van der Waals surface area contributed by atoms with E-state index in [1.54, 1.807) is 61.1 Å². The lowest BCUT2D eigenvalue weighted by Gasteiger charge is -2.06. The number of nitrogens with zero attached hydrogens (tertiary/aromatic N) is 4. The summed E-state index contributed by atoms with van der Waals surface area (Å²) in [5, 5.41) is 20.3. The summed E-state index contributed by atoms with van der Waals surface area (Å²) < 4.78 is 6.95. The monoisotopic (exact) mass is 422 g/mol. The number of aromatic nitrogens is 2. The quantitative estimate of drug-likeness (QED) is 0.420. The molecule has 8 heteroatoms. The van der Waals surface area contributed by atoms with E-state index in [2.05, 4.69) is 15.2 Å². The summed E-state index contributed by atoms with van der Waals surface area (Å²) >= 11 is 6.12. The Labute approximate surface area is 177 Å². The summed E-state index contributed by atoms with van der Waals surface area (Å²) in [6, 6.07) is 12.2. The number of azo groups is 1. The molecule has 0 aliphatic heterocycles. The highest BCUT2D eigenvalue weighted by atomic mass is 35.5. The second-order valence-corrected chi connectivity index (χ2v) is 7.21. The van der Waals surface area contributed by atoms with E-state index in [1.807, 2.05) is 6.92 Å². The van der Waals surface area contributed by atoms with Gasteiger partial charge in [-0.2, -0.15) is 0 Å². The van der Waals surface area contributed by atoms with E-state index in [0.717, 1.165) is 5.52 Å². The van der Waals surface area contributed by atoms with Crippen molar-refractivity contribution in [2.75, 3.05) is 7.11 Å². The maximum Gasteiger partial charge on any atom is 0.296 e. The Bertz CT molecular complexity index is 1330. The number of aromatic hydroxyl groups is 1. The van der Waals surface area contributed by atoms with Crippen molar-refractivity contribution in [1.29, 1.82) is 0 Å². The Morgan fingerprint density at radius 2 is 2.00 bits per heavy atom. The molecule has 2 aromatic carbocycles. The third kappa shape index (κ3) is 3.37. The van der Waals surface area contributed by atoms with Gasteiger partial charge >= 0.3 is 0 Å². The van der Waals surface area contributed by atoms with E-state index in [1.165, 1.54) is 0 Å². The summed E-state index contributed by atoms with van der Waals surface area (Å²) in [5.41, 5.74) is 2.66. The Kier molecular flexibility index (Phi) is 5.13. The normalized spacial score (nSPS) is 11.6. The van der Waals surface area contributed by atoms with Gasteiger partial charge in [-0.05, 0) is 56.3 Å². The van der Waals surface area contributed by atoms with Crippen LogP contribution in [0.15, 0.2) is 52.7 Å². The van der Waals surface area contributed by atoms with Gasteiger partial charge in [-0.1, -0.05) is 11.6 Å². The number of amides is 1. The van der Waals surface area contributed by atoms with Crippen molar-refractivity contribution >= 4 is 45.0 Å². The zero-order valence-electron chi connectivity index (χ0n) is 16.7. The number of hydrogen-bond acceptors (Lipinski definition) is 5. The van der Waals surface area contributed by atoms with E-state index >= 15 is 0 Å². The standard InChI is InChI=1S/C22H19ClN4O3/c1-4-27-19-8-5-13(23)10-17(19)20(22(27)29)25-26-21(28)16-9-12(2)24-18-7-6-14(30-3)11-15(16)18/h5-11,29H,4H2,1-3H3. The molecular weight excluding hydrogens is 404 g/mol. The van der Waals surface area contributed by atoms with Gasteiger partial charge in [0.25, 0.3) is 5.91 Å². The highest BCUT2D eigenvalue weighted by molar-refractivity contribution is 6.31. The molecule has 0 atom stereocenters. The van der Waals surface area contributed by atoms with Gasteiger partial charge in [0.2, 0.25) is 5.88 Å². The molecule has 2 heterocycles. The molecule has 1 amide bonds. The Morgan fingerprint density at radius 3 is 2.73 bits per heavy atom. The van der Waals surface area contributed by atoms with E-state index in [0.29, 0.717) is 44.9 Å². The molecule has 0 radical (unpaired) electrons. The van der Waals surface area contributed by atoms with Gasteiger partial charge in [-0.25, -0.2) is 0 Å². The SMILES string of the molecule is CCn1c(O)c(N=NC(=O)c2cc(C)nc3ccc(OC)cc23)c2cc(Cl)ccc21. The second-order valence-electron chi connectivity index (χ2n) is 6.78. The minimum absolute atomic E-state index is 0.0660. The lowest BCUT2D eigenvalue weighted by molar-refractivity contribution is 0.0996. The number of carbonyl (C=O) groups excluding carboxylic acids is 1. The largest absolute Gasteiger partial charge is 0.497 e. The van der Waals surface area contributed by atoms with E-state index in [9.17, 15) is 9.90 Å². The van der Waals surface area contributed by atoms with Crippen molar-refractivity contribution in [3.05, 3.63) is 58.7 Å². The van der Waals surface area contributed by atoms with Crippen LogP contribution in [0, 0.1) is 6.92 Å². The molecule has 0 bridgehead atoms. The average Bonchev–Trinajstić information content (AvgIpc) is 3.00. The van der Waals surface area contributed by atoms with Crippen LogP contribution in [0.3, 0.4) is 0 Å². The van der Waals surface area contributed by atoms with Gasteiger partial charge in [0.1, 0.15) is 5.75 Å². The van der Waals surface area contributed by atoms with Crippen LogP contribution in [-0.4, -0.2) is 27.7 Å². The summed E-state index contributed by atoms with van der Waals surface area (Å²) in [4.78, 5) is 17.4. The van der Waals surface area contributed by atoms with Crippen molar-refractivity contribution in [3.8, 4) is 11.6 Å². The number of hydrogen-bond donors (Lipinski definition) is 1. The second kappa shape index (κ2) is 7.76. The molecule has 2 aromatic heterocycles. The van der Waals surface area contributed by atoms with E-state index < -0.39 is 5.91 Å². The molecule has 0 unspecified atom stereocenters. The maximum absolute atomic E-state index is 12.9. The molecule has 4 aromatic rings. The highest BCUT2D eigenvalue weighted by Crippen LogP contribution is 2.40. The molecular formula is C22H19ClN4O3. The topological polar surface area (TPSA) is 89.1 Å². The summed E-state index contributed by atoms with van der Waals surface area (Å²) in [6.07, 6.45) is 0.